The fraction of sp³-hybridized carbons (Fsp3) is 0.474. The van der Waals surface area contributed by atoms with Gasteiger partial charge in [0.25, 0.3) is 0 Å². The van der Waals surface area contributed by atoms with Crippen LogP contribution in [-0.4, -0.2) is 22.3 Å². The molecule has 2 heterocycles. The largest absolute Gasteiger partial charge is 0.333 e. The summed E-state index contributed by atoms with van der Waals surface area (Å²) in [6, 6.07) is 6.80. The number of rotatable bonds is 3. The van der Waals surface area contributed by atoms with Gasteiger partial charge in [-0.3, -0.25) is 4.79 Å². The minimum atomic E-state index is -0.222. The topological polar surface area (TPSA) is 33.2 Å². The van der Waals surface area contributed by atoms with E-state index in [1.807, 2.05) is 17.9 Å². The molecular formula is C19H21FN2OS. The van der Waals surface area contributed by atoms with E-state index in [2.05, 4.69) is 10.4 Å². The van der Waals surface area contributed by atoms with E-state index in [1.165, 1.54) is 6.07 Å². The first-order valence-corrected chi connectivity index (χ1v) is 9.49. The van der Waals surface area contributed by atoms with Crippen molar-refractivity contribution in [3.05, 3.63) is 51.7 Å². The van der Waals surface area contributed by atoms with Crippen LogP contribution in [0.4, 0.5) is 4.39 Å². The summed E-state index contributed by atoms with van der Waals surface area (Å²) in [5.74, 6) is 0.184. The van der Waals surface area contributed by atoms with E-state index in [1.54, 1.807) is 23.5 Å². The fourth-order valence-electron chi connectivity index (χ4n) is 3.76. The maximum Gasteiger partial charge on any atom is 0.226 e. The van der Waals surface area contributed by atoms with E-state index in [0.717, 1.165) is 48.5 Å². The SMILES string of the molecule is Cc1csc([C@@H]2CCCCN2C(=O)[C@H]2C[C@@H]2c2cccc(F)c2)n1. The zero-order valence-electron chi connectivity index (χ0n) is 13.7. The van der Waals surface area contributed by atoms with Crippen LogP contribution in [0, 0.1) is 18.7 Å². The minimum absolute atomic E-state index is 0.00783. The summed E-state index contributed by atoms with van der Waals surface area (Å²) in [5, 5.41) is 3.11. The van der Waals surface area contributed by atoms with E-state index >= 15 is 0 Å². The molecule has 1 saturated carbocycles. The van der Waals surface area contributed by atoms with Gasteiger partial charge >= 0.3 is 0 Å². The van der Waals surface area contributed by atoms with E-state index in [0.29, 0.717) is 0 Å². The van der Waals surface area contributed by atoms with Crippen molar-refractivity contribution in [2.24, 2.45) is 5.92 Å². The number of thiazole rings is 1. The molecule has 4 rings (SSSR count). The predicted octanol–water partition coefficient (Wildman–Crippen LogP) is 4.45. The van der Waals surface area contributed by atoms with Crippen LogP contribution in [0.2, 0.25) is 0 Å². The van der Waals surface area contributed by atoms with Crippen molar-refractivity contribution in [3.63, 3.8) is 0 Å². The summed E-state index contributed by atoms with van der Waals surface area (Å²) in [5.41, 5.74) is 1.98. The van der Waals surface area contributed by atoms with Crippen LogP contribution < -0.4 is 0 Å². The molecule has 1 aromatic heterocycles. The first kappa shape index (κ1) is 15.8. The third kappa shape index (κ3) is 2.97. The van der Waals surface area contributed by atoms with Crippen LogP contribution in [0.15, 0.2) is 29.6 Å². The maximum atomic E-state index is 13.4. The van der Waals surface area contributed by atoms with E-state index in [9.17, 15) is 9.18 Å². The number of piperidine rings is 1. The first-order chi connectivity index (χ1) is 11.6. The van der Waals surface area contributed by atoms with Gasteiger partial charge in [-0.15, -0.1) is 11.3 Å². The van der Waals surface area contributed by atoms with Gasteiger partial charge < -0.3 is 4.90 Å². The normalized spacial score (nSPS) is 26.4. The molecule has 0 unspecified atom stereocenters. The summed E-state index contributed by atoms with van der Waals surface area (Å²) < 4.78 is 13.4. The fourth-order valence-corrected chi connectivity index (χ4v) is 4.71. The molecular weight excluding hydrogens is 323 g/mol. The number of likely N-dealkylation sites (tertiary alicyclic amines) is 1. The van der Waals surface area contributed by atoms with Gasteiger partial charge in [-0.05, 0) is 56.2 Å². The van der Waals surface area contributed by atoms with Crippen molar-refractivity contribution in [1.82, 2.24) is 9.88 Å². The molecule has 2 aliphatic rings. The molecule has 5 heteroatoms. The second-order valence-corrected chi connectivity index (χ2v) is 7.76. The van der Waals surface area contributed by atoms with Gasteiger partial charge in [-0.25, -0.2) is 9.37 Å². The Morgan fingerprint density at radius 2 is 2.25 bits per heavy atom. The smallest absolute Gasteiger partial charge is 0.226 e. The molecule has 126 valence electrons. The molecule has 1 aliphatic heterocycles. The molecule has 0 radical (unpaired) electrons. The molecule has 3 atom stereocenters. The number of carbonyl (C=O) groups is 1. The lowest BCUT2D eigenvalue weighted by Gasteiger charge is -2.35. The second-order valence-electron chi connectivity index (χ2n) is 6.87. The monoisotopic (exact) mass is 344 g/mol. The summed E-state index contributed by atoms with van der Waals surface area (Å²) in [4.78, 5) is 19.7. The molecule has 0 spiro atoms. The molecule has 1 aliphatic carbocycles. The highest BCUT2D eigenvalue weighted by molar-refractivity contribution is 7.09. The highest BCUT2D eigenvalue weighted by Gasteiger charge is 2.47. The number of carbonyl (C=O) groups excluding carboxylic acids is 1. The summed E-state index contributed by atoms with van der Waals surface area (Å²) in [7, 11) is 0. The molecule has 2 aromatic rings. The van der Waals surface area contributed by atoms with Crippen molar-refractivity contribution in [2.75, 3.05) is 6.54 Å². The number of hydrogen-bond acceptors (Lipinski definition) is 3. The van der Waals surface area contributed by atoms with Gasteiger partial charge in [0.05, 0.1) is 6.04 Å². The third-order valence-corrected chi connectivity index (χ3v) is 6.16. The van der Waals surface area contributed by atoms with E-state index < -0.39 is 0 Å². The van der Waals surface area contributed by atoms with Crippen molar-refractivity contribution in [2.45, 2.75) is 44.6 Å². The van der Waals surface area contributed by atoms with Crippen LogP contribution in [0.25, 0.3) is 0 Å². The van der Waals surface area contributed by atoms with Crippen molar-refractivity contribution < 1.29 is 9.18 Å². The summed E-state index contributed by atoms with van der Waals surface area (Å²) in [6.07, 6.45) is 4.04. The maximum absolute atomic E-state index is 13.4. The molecule has 2 fully saturated rings. The van der Waals surface area contributed by atoms with Crippen LogP contribution in [0.3, 0.4) is 0 Å². The Morgan fingerprint density at radius 3 is 3.00 bits per heavy atom. The van der Waals surface area contributed by atoms with E-state index in [-0.39, 0.29) is 29.6 Å². The van der Waals surface area contributed by atoms with Crippen molar-refractivity contribution in [1.29, 1.82) is 0 Å². The summed E-state index contributed by atoms with van der Waals surface area (Å²) >= 11 is 1.65. The standard InChI is InChI=1S/C19H21FN2OS/c1-12-11-24-18(21-12)17-7-2-3-8-22(17)19(23)16-10-15(16)13-5-4-6-14(20)9-13/h4-6,9,11,15-17H,2-3,7-8,10H2,1H3/t15-,16+,17+/m1/s1. The Kier molecular flexibility index (Phi) is 4.12. The summed E-state index contributed by atoms with van der Waals surface area (Å²) in [6.45, 7) is 2.81. The molecule has 1 aromatic carbocycles. The lowest BCUT2D eigenvalue weighted by molar-refractivity contribution is -0.136. The van der Waals surface area contributed by atoms with Crippen LogP contribution in [-0.2, 0) is 4.79 Å². The number of nitrogens with zero attached hydrogens (tertiary/aromatic N) is 2. The third-order valence-electron chi connectivity index (χ3n) is 5.09. The average molecular weight is 344 g/mol. The molecule has 1 amide bonds. The number of benzene rings is 1. The van der Waals surface area contributed by atoms with Crippen molar-refractivity contribution in [3.8, 4) is 0 Å². The number of aromatic nitrogens is 1. The minimum Gasteiger partial charge on any atom is -0.333 e. The zero-order valence-corrected chi connectivity index (χ0v) is 14.6. The van der Waals surface area contributed by atoms with Gasteiger partial charge in [0.2, 0.25) is 5.91 Å². The average Bonchev–Trinajstić information content (AvgIpc) is 3.28. The predicted molar refractivity (Wildman–Crippen MR) is 92.4 cm³/mol. The van der Waals surface area contributed by atoms with Gasteiger partial charge in [0, 0.05) is 23.5 Å². The lowest BCUT2D eigenvalue weighted by Crippen LogP contribution is -2.39. The van der Waals surface area contributed by atoms with Crippen LogP contribution in [0.5, 0.6) is 0 Å². The Bertz CT molecular complexity index is 759. The quantitative estimate of drug-likeness (QED) is 0.824. The molecule has 0 bridgehead atoms. The highest BCUT2D eigenvalue weighted by atomic mass is 32.1. The molecule has 24 heavy (non-hydrogen) atoms. The van der Waals surface area contributed by atoms with Gasteiger partial charge in [-0.1, -0.05) is 12.1 Å². The van der Waals surface area contributed by atoms with Gasteiger partial charge in [0.1, 0.15) is 10.8 Å². The Hall–Kier alpha value is -1.75. The van der Waals surface area contributed by atoms with Gasteiger partial charge in [0.15, 0.2) is 0 Å². The first-order valence-electron chi connectivity index (χ1n) is 8.61. The lowest BCUT2D eigenvalue weighted by atomic mass is 10.0. The number of hydrogen-bond donors (Lipinski definition) is 0. The number of aryl methyl sites for hydroxylation is 1. The zero-order chi connectivity index (χ0) is 16.7. The molecule has 0 N–H and O–H groups in total. The molecule has 1 saturated heterocycles. The number of halogens is 1. The Morgan fingerprint density at radius 1 is 1.38 bits per heavy atom. The van der Waals surface area contributed by atoms with Crippen LogP contribution in [0.1, 0.15) is 53.9 Å². The number of amides is 1. The van der Waals surface area contributed by atoms with Gasteiger partial charge in [-0.2, -0.15) is 0 Å². The Balaban J connectivity index is 1.51. The van der Waals surface area contributed by atoms with Crippen LogP contribution >= 0.6 is 11.3 Å². The second kappa shape index (κ2) is 6.28. The van der Waals surface area contributed by atoms with Crippen molar-refractivity contribution >= 4 is 17.2 Å². The highest BCUT2D eigenvalue weighted by Crippen LogP contribution is 2.50. The Labute approximate surface area is 145 Å². The molecule has 3 nitrogen and oxygen atoms in total. The van der Waals surface area contributed by atoms with E-state index in [4.69, 9.17) is 0 Å².